The van der Waals surface area contributed by atoms with Gasteiger partial charge in [-0.1, -0.05) is 12.1 Å². The molecule has 0 aliphatic rings. The summed E-state index contributed by atoms with van der Waals surface area (Å²) in [6.45, 7) is 2.03. The maximum absolute atomic E-state index is 8.82. The van der Waals surface area contributed by atoms with Gasteiger partial charge in [-0.2, -0.15) is 10.2 Å². The molecule has 3 aromatic rings. The number of halogens is 1. The van der Waals surface area contributed by atoms with E-state index < -0.39 is 0 Å². The van der Waals surface area contributed by atoms with Crippen molar-refractivity contribution in [2.75, 3.05) is 5.32 Å². The topological polar surface area (TPSA) is 66.0 Å². The van der Waals surface area contributed by atoms with E-state index in [9.17, 15) is 0 Å². The molecule has 2 heterocycles. The van der Waals surface area contributed by atoms with E-state index in [2.05, 4.69) is 37.4 Å². The first-order valence-electron chi connectivity index (χ1n) is 6.45. The third kappa shape index (κ3) is 2.73. The van der Waals surface area contributed by atoms with Gasteiger partial charge >= 0.3 is 0 Å². The Morgan fingerprint density at radius 1 is 1.29 bits per heavy atom. The molecule has 1 unspecified atom stereocenters. The van der Waals surface area contributed by atoms with Gasteiger partial charge in [0.2, 0.25) is 5.95 Å². The predicted octanol–water partition coefficient (Wildman–Crippen LogP) is 3.54. The first kappa shape index (κ1) is 13.6. The van der Waals surface area contributed by atoms with Gasteiger partial charge in [0.05, 0.1) is 22.1 Å². The Morgan fingerprint density at radius 2 is 2.05 bits per heavy atom. The van der Waals surface area contributed by atoms with Gasteiger partial charge in [-0.05, 0) is 52.7 Å². The maximum Gasteiger partial charge on any atom is 0.243 e. The van der Waals surface area contributed by atoms with E-state index in [1.165, 1.54) is 0 Å². The van der Waals surface area contributed by atoms with Crippen molar-refractivity contribution in [1.82, 2.24) is 14.6 Å². The van der Waals surface area contributed by atoms with Gasteiger partial charge < -0.3 is 5.32 Å². The summed E-state index contributed by atoms with van der Waals surface area (Å²) >= 11 is 3.46. The molecule has 3 rings (SSSR count). The van der Waals surface area contributed by atoms with Crippen molar-refractivity contribution >= 4 is 27.5 Å². The van der Waals surface area contributed by atoms with Crippen molar-refractivity contribution in [2.24, 2.45) is 0 Å². The van der Waals surface area contributed by atoms with Crippen molar-refractivity contribution in [3.8, 4) is 6.07 Å². The highest BCUT2D eigenvalue weighted by Gasteiger charge is 2.10. The zero-order valence-electron chi connectivity index (χ0n) is 11.3. The van der Waals surface area contributed by atoms with Crippen LogP contribution in [0.15, 0.2) is 47.1 Å². The van der Waals surface area contributed by atoms with Crippen molar-refractivity contribution in [1.29, 1.82) is 5.26 Å². The van der Waals surface area contributed by atoms with E-state index in [0.29, 0.717) is 11.5 Å². The summed E-state index contributed by atoms with van der Waals surface area (Å²) < 4.78 is 2.62. The number of benzene rings is 1. The zero-order chi connectivity index (χ0) is 14.8. The number of anilines is 1. The summed E-state index contributed by atoms with van der Waals surface area (Å²) in [7, 11) is 0. The van der Waals surface area contributed by atoms with Gasteiger partial charge in [0.1, 0.15) is 0 Å². The predicted molar refractivity (Wildman–Crippen MR) is 83.9 cm³/mol. The molecular formula is C15H12BrN5. The third-order valence-electron chi connectivity index (χ3n) is 3.20. The summed E-state index contributed by atoms with van der Waals surface area (Å²) in [5.74, 6) is 0.568. The summed E-state index contributed by atoms with van der Waals surface area (Å²) in [5, 5.41) is 16.5. The standard InChI is InChI=1S/C15H12BrN5/c1-10(12-6-4-11(9-17)5-7-12)18-15-19-14-13(16)3-2-8-21(14)20-15/h2-8,10H,1H3,(H,18,20). The number of hydrogen-bond donors (Lipinski definition) is 1. The van der Waals surface area contributed by atoms with Gasteiger partial charge in [0.15, 0.2) is 5.65 Å². The minimum absolute atomic E-state index is 0.0499. The molecule has 0 aliphatic heterocycles. The van der Waals surface area contributed by atoms with Crippen LogP contribution in [0.1, 0.15) is 24.1 Å². The fraction of sp³-hybridized carbons (Fsp3) is 0.133. The van der Waals surface area contributed by atoms with Gasteiger partial charge in [-0.3, -0.25) is 0 Å². The van der Waals surface area contributed by atoms with E-state index >= 15 is 0 Å². The molecule has 0 saturated heterocycles. The maximum atomic E-state index is 8.82. The zero-order valence-corrected chi connectivity index (χ0v) is 12.9. The van der Waals surface area contributed by atoms with Gasteiger partial charge in [-0.15, -0.1) is 5.10 Å². The number of aromatic nitrogens is 3. The number of hydrogen-bond acceptors (Lipinski definition) is 4. The molecule has 0 bridgehead atoms. The molecule has 5 nitrogen and oxygen atoms in total. The molecule has 2 aromatic heterocycles. The number of pyridine rings is 1. The van der Waals surface area contributed by atoms with Crippen LogP contribution in [0.3, 0.4) is 0 Å². The van der Waals surface area contributed by atoms with Gasteiger partial charge in [0, 0.05) is 6.20 Å². The molecule has 0 amide bonds. The van der Waals surface area contributed by atoms with Crippen LogP contribution < -0.4 is 5.32 Å². The van der Waals surface area contributed by atoms with Crippen LogP contribution in [0.5, 0.6) is 0 Å². The lowest BCUT2D eigenvalue weighted by Crippen LogP contribution is -2.07. The van der Waals surface area contributed by atoms with E-state index in [4.69, 9.17) is 5.26 Å². The molecule has 0 radical (unpaired) electrons. The van der Waals surface area contributed by atoms with Crippen LogP contribution in [-0.4, -0.2) is 14.6 Å². The lowest BCUT2D eigenvalue weighted by atomic mass is 10.1. The van der Waals surface area contributed by atoms with E-state index in [0.717, 1.165) is 15.7 Å². The van der Waals surface area contributed by atoms with E-state index in [1.54, 1.807) is 16.6 Å². The second kappa shape index (κ2) is 5.54. The molecule has 1 N–H and O–H groups in total. The first-order valence-corrected chi connectivity index (χ1v) is 7.24. The fourth-order valence-corrected chi connectivity index (χ4v) is 2.48. The number of fused-ring (bicyclic) bond motifs is 1. The Balaban J connectivity index is 1.83. The summed E-state index contributed by atoms with van der Waals surface area (Å²) in [4.78, 5) is 4.45. The number of nitrogens with zero attached hydrogens (tertiary/aromatic N) is 4. The lowest BCUT2D eigenvalue weighted by Gasteiger charge is -2.12. The van der Waals surface area contributed by atoms with Crippen LogP contribution in [0, 0.1) is 11.3 Å². The van der Waals surface area contributed by atoms with Crippen molar-refractivity contribution in [2.45, 2.75) is 13.0 Å². The number of rotatable bonds is 3. The minimum atomic E-state index is 0.0499. The number of nitrogens with one attached hydrogen (secondary N) is 1. The molecule has 0 aliphatic carbocycles. The van der Waals surface area contributed by atoms with Crippen molar-refractivity contribution in [3.63, 3.8) is 0 Å². The van der Waals surface area contributed by atoms with Crippen LogP contribution in [0.4, 0.5) is 5.95 Å². The van der Waals surface area contributed by atoms with Crippen molar-refractivity contribution in [3.05, 3.63) is 58.2 Å². The van der Waals surface area contributed by atoms with Crippen molar-refractivity contribution < 1.29 is 0 Å². The summed E-state index contributed by atoms with van der Waals surface area (Å²) in [5.41, 5.74) is 2.50. The molecule has 21 heavy (non-hydrogen) atoms. The Labute approximate surface area is 130 Å². The van der Waals surface area contributed by atoms with Gasteiger partial charge in [-0.25, -0.2) is 4.52 Å². The molecule has 1 aromatic carbocycles. The lowest BCUT2D eigenvalue weighted by molar-refractivity contribution is 0.852. The monoisotopic (exact) mass is 341 g/mol. The highest BCUT2D eigenvalue weighted by Crippen LogP contribution is 2.20. The minimum Gasteiger partial charge on any atom is -0.346 e. The normalized spacial score (nSPS) is 12.0. The second-order valence-electron chi connectivity index (χ2n) is 4.66. The van der Waals surface area contributed by atoms with E-state index in [1.807, 2.05) is 37.4 Å². The number of nitriles is 1. The Kier molecular flexibility index (Phi) is 3.59. The fourth-order valence-electron chi connectivity index (χ4n) is 2.06. The van der Waals surface area contributed by atoms with Gasteiger partial charge in [0.25, 0.3) is 0 Å². The summed E-state index contributed by atoms with van der Waals surface area (Å²) in [6.07, 6.45) is 1.85. The second-order valence-corrected chi connectivity index (χ2v) is 5.51. The van der Waals surface area contributed by atoms with Crippen LogP contribution >= 0.6 is 15.9 Å². The smallest absolute Gasteiger partial charge is 0.243 e. The average Bonchev–Trinajstić information content (AvgIpc) is 2.91. The average molecular weight is 342 g/mol. The molecule has 0 saturated carbocycles. The molecule has 6 heteroatoms. The van der Waals surface area contributed by atoms with Crippen LogP contribution in [0.25, 0.3) is 5.65 Å². The first-order chi connectivity index (χ1) is 10.2. The highest BCUT2D eigenvalue weighted by atomic mass is 79.9. The molecule has 104 valence electrons. The highest BCUT2D eigenvalue weighted by molar-refractivity contribution is 9.10. The summed E-state index contributed by atoms with van der Waals surface area (Å²) in [6, 6.07) is 13.5. The Bertz CT molecular complexity index is 816. The molecule has 1 atom stereocenters. The van der Waals surface area contributed by atoms with Crippen LogP contribution in [-0.2, 0) is 0 Å². The molecule has 0 fully saturated rings. The SMILES string of the molecule is CC(Nc1nc2c(Br)cccn2n1)c1ccc(C#N)cc1. The molecular weight excluding hydrogens is 330 g/mol. The molecule has 0 spiro atoms. The van der Waals surface area contributed by atoms with Crippen LogP contribution in [0.2, 0.25) is 0 Å². The van der Waals surface area contributed by atoms with E-state index in [-0.39, 0.29) is 6.04 Å². The Morgan fingerprint density at radius 3 is 2.71 bits per heavy atom. The Hall–Kier alpha value is -2.39. The largest absolute Gasteiger partial charge is 0.346 e. The quantitative estimate of drug-likeness (QED) is 0.791. The third-order valence-corrected chi connectivity index (χ3v) is 3.82.